The molecular formula is C20H18N6O2S. The van der Waals surface area contributed by atoms with Crippen LogP contribution in [0.25, 0.3) is 5.82 Å². The minimum Gasteiger partial charge on any atom is -0.340 e. The molecule has 9 heteroatoms. The third-order valence-electron chi connectivity index (χ3n) is 4.19. The van der Waals surface area contributed by atoms with Gasteiger partial charge in [0.1, 0.15) is 23.8 Å². The van der Waals surface area contributed by atoms with E-state index in [1.54, 1.807) is 66.9 Å². The Bertz CT molecular complexity index is 1220. The van der Waals surface area contributed by atoms with E-state index < -0.39 is 10.0 Å². The number of aryl methyl sites for hydroxylation is 1. The molecule has 4 aromatic rings. The molecule has 2 N–H and O–H groups in total. The van der Waals surface area contributed by atoms with Crippen molar-refractivity contribution in [3.8, 4) is 5.82 Å². The number of sulfonamides is 1. The Morgan fingerprint density at radius 2 is 1.62 bits per heavy atom. The lowest BCUT2D eigenvalue weighted by Gasteiger charge is -2.10. The smallest absolute Gasteiger partial charge is 0.261 e. The Kier molecular flexibility index (Phi) is 4.96. The first-order valence-electron chi connectivity index (χ1n) is 8.79. The number of aromatic nitrogens is 4. The van der Waals surface area contributed by atoms with E-state index in [9.17, 15) is 8.42 Å². The first-order chi connectivity index (χ1) is 14.0. The van der Waals surface area contributed by atoms with Crippen LogP contribution in [0.5, 0.6) is 0 Å². The van der Waals surface area contributed by atoms with Crippen LogP contribution in [0.2, 0.25) is 0 Å². The normalized spacial score (nSPS) is 11.2. The van der Waals surface area contributed by atoms with E-state index in [4.69, 9.17) is 0 Å². The summed E-state index contributed by atoms with van der Waals surface area (Å²) in [5, 5.41) is 3.19. The van der Waals surface area contributed by atoms with Gasteiger partial charge in [-0.1, -0.05) is 18.2 Å². The Labute approximate surface area is 168 Å². The molecule has 0 aliphatic carbocycles. The van der Waals surface area contributed by atoms with Gasteiger partial charge in [-0.05, 0) is 43.3 Å². The van der Waals surface area contributed by atoms with Crippen molar-refractivity contribution in [2.45, 2.75) is 11.8 Å². The van der Waals surface area contributed by atoms with Gasteiger partial charge in [0.2, 0.25) is 0 Å². The van der Waals surface area contributed by atoms with Gasteiger partial charge in [0.25, 0.3) is 10.0 Å². The van der Waals surface area contributed by atoms with Gasteiger partial charge in [-0.25, -0.2) is 23.4 Å². The second kappa shape index (κ2) is 7.72. The molecule has 29 heavy (non-hydrogen) atoms. The van der Waals surface area contributed by atoms with Gasteiger partial charge in [-0.3, -0.25) is 9.29 Å². The molecule has 146 valence electrons. The van der Waals surface area contributed by atoms with Crippen molar-refractivity contribution < 1.29 is 8.42 Å². The van der Waals surface area contributed by atoms with Crippen LogP contribution in [-0.4, -0.2) is 27.9 Å². The van der Waals surface area contributed by atoms with Gasteiger partial charge in [0.05, 0.1) is 4.90 Å². The second-order valence-electron chi connectivity index (χ2n) is 6.23. The molecule has 2 heterocycles. The molecule has 4 rings (SSSR count). The number of nitrogens with zero attached hydrogens (tertiary/aromatic N) is 4. The maximum absolute atomic E-state index is 12.4. The first-order valence-corrected chi connectivity index (χ1v) is 10.3. The summed E-state index contributed by atoms with van der Waals surface area (Å²) in [5.74, 6) is 2.13. The van der Waals surface area contributed by atoms with Gasteiger partial charge < -0.3 is 5.32 Å². The van der Waals surface area contributed by atoms with Crippen molar-refractivity contribution in [2.75, 3.05) is 10.0 Å². The van der Waals surface area contributed by atoms with E-state index in [1.807, 2.05) is 17.7 Å². The third-order valence-corrected chi connectivity index (χ3v) is 5.59. The summed E-state index contributed by atoms with van der Waals surface area (Å²) in [6, 6.07) is 17.0. The molecule has 0 amide bonds. The molecule has 8 nitrogen and oxygen atoms in total. The predicted molar refractivity (Wildman–Crippen MR) is 111 cm³/mol. The SMILES string of the molecule is Cc1nccn1-c1cc(Nc2ccc(NS(=O)(=O)c3ccccc3)cc2)ncn1. The Hall–Kier alpha value is -3.72. The molecule has 0 spiro atoms. The summed E-state index contributed by atoms with van der Waals surface area (Å²) >= 11 is 0. The van der Waals surface area contributed by atoms with E-state index in [-0.39, 0.29) is 4.90 Å². The van der Waals surface area contributed by atoms with E-state index in [0.29, 0.717) is 17.3 Å². The molecule has 0 bridgehead atoms. The summed E-state index contributed by atoms with van der Waals surface area (Å²) in [7, 11) is -3.62. The number of benzene rings is 2. The summed E-state index contributed by atoms with van der Waals surface area (Å²) < 4.78 is 29.2. The minimum absolute atomic E-state index is 0.213. The number of rotatable bonds is 6. The summed E-state index contributed by atoms with van der Waals surface area (Å²) in [4.78, 5) is 12.9. The van der Waals surface area contributed by atoms with Crippen molar-refractivity contribution in [3.05, 3.63) is 85.2 Å². The van der Waals surface area contributed by atoms with Crippen LogP contribution in [0.15, 0.2) is 84.3 Å². The highest BCUT2D eigenvalue weighted by molar-refractivity contribution is 7.92. The molecule has 2 aromatic carbocycles. The second-order valence-corrected chi connectivity index (χ2v) is 7.91. The van der Waals surface area contributed by atoms with E-state index in [1.165, 1.54) is 6.33 Å². The fourth-order valence-electron chi connectivity index (χ4n) is 2.75. The molecule has 0 atom stereocenters. The average molecular weight is 406 g/mol. The van der Waals surface area contributed by atoms with Gasteiger partial charge in [-0.2, -0.15) is 0 Å². The average Bonchev–Trinajstić information content (AvgIpc) is 3.16. The van der Waals surface area contributed by atoms with Gasteiger partial charge in [-0.15, -0.1) is 0 Å². The first kappa shape index (κ1) is 18.6. The molecular weight excluding hydrogens is 388 g/mol. The zero-order valence-corrected chi connectivity index (χ0v) is 16.3. The van der Waals surface area contributed by atoms with Crippen molar-refractivity contribution in [2.24, 2.45) is 0 Å². The molecule has 0 fully saturated rings. The van der Waals surface area contributed by atoms with Crippen LogP contribution in [0.1, 0.15) is 5.82 Å². The summed E-state index contributed by atoms with van der Waals surface area (Å²) in [5.41, 5.74) is 1.23. The lowest BCUT2D eigenvalue weighted by Crippen LogP contribution is -2.12. The molecule has 0 unspecified atom stereocenters. The van der Waals surface area contributed by atoms with Crippen molar-refractivity contribution in [3.63, 3.8) is 0 Å². The standard InChI is InChI=1S/C20H18N6O2S/c1-15-21-11-12-26(15)20-13-19(22-14-23-20)24-16-7-9-17(10-8-16)25-29(27,28)18-5-3-2-4-6-18/h2-14,25H,1H3,(H,22,23,24). The van der Waals surface area contributed by atoms with Crippen molar-refractivity contribution in [1.29, 1.82) is 0 Å². The Balaban J connectivity index is 1.49. The van der Waals surface area contributed by atoms with Crippen LogP contribution in [-0.2, 0) is 10.0 Å². The molecule has 0 radical (unpaired) electrons. The maximum atomic E-state index is 12.4. The number of imidazole rings is 1. The Morgan fingerprint density at radius 1 is 0.897 bits per heavy atom. The quantitative estimate of drug-likeness (QED) is 0.508. The summed E-state index contributed by atoms with van der Waals surface area (Å²) in [6.45, 7) is 1.89. The molecule has 0 aliphatic rings. The van der Waals surface area contributed by atoms with Crippen molar-refractivity contribution >= 4 is 27.2 Å². The largest absolute Gasteiger partial charge is 0.340 e. The highest BCUT2D eigenvalue weighted by Gasteiger charge is 2.13. The van der Waals surface area contributed by atoms with E-state index >= 15 is 0 Å². The fourth-order valence-corrected chi connectivity index (χ4v) is 3.83. The van der Waals surface area contributed by atoms with Crippen molar-refractivity contribution in [1.82, 2.24) is 19.5 Å². The number of anilines is 3. The molecule has 0 aliphatic heterocycles. The Morgan fingerprint density at radius 3 is 2.31 bits per heavy atom. The zero-order chi connectivity index (χ0) is 20.3. The van der Waals surface area contributed by atoms with Crippen LogP contribution >= 0.6 is 0 Å². The highest BCUT2D eigenvalue weighted by atomic mass is 32.2. The number of hydrogen-bond acceptors (Lipinski definition) is 6. The topological polar surface area (TPSA) is 102 Å². The van der Waals surface area contributed by atoms with Crippen LogP contribution in [0, 0.1) is 6.92 Å². The van der Waals surface area contributed by atoms with Gasteiger partial charge in [0.15, 0.2) is 0 Å². The minimum atomic E-state index is -3.62. The molecule has 2 aromatic heterocycles. The van der Waals surface area contributed by atoms with Crippen LogP contribution in [0.4, 0.5) is 17.2 Å². The predicted octanol–water partition coefficient (Wildman–Crippen LogP) is 3.52. The third kappa shape index (κ3) is 4.25. The summed E-state index contributed by atoms with van der Waals surface area (Å²) in [6.07, 6.45) is 5.01. The van der Waals surface area contributed by atoms with E-state index in [2.05, 4.69) is 25.0 Å². The van der Waals surface area contributed by atoms with Gasteiger partial charge in [0, 0.05) is 29.8 Å². The monoisotopic (exact) mass is 406 g/mol. The number of hydrogen-bond donors (Lipinski definition) is 2. The highest BCUT2D eigenvalue weighted by Crippen LogP contribution is 2.21. The van der Waals surface area contributed by atoms with E-state index in [0.717, 1.165) is 11.5 Å². The lowest BCUT2D eigenvalue weighted by atomic mass is 10.3. The zero-order valence-electron chi connectivity index (χ0n) is 15.5. The molecule has 0 saturated heterocycles. The lowest BCUT2D eigenvalue weighted by molar-refractivity contribution is 0.601. The van der Waals surface area contributed by atoms with Crippen LogP contribution < -0.4 is 10.0 Å². The number of nitrogens with one attached hydrogen (secondary N) is 2. The fraction of sp³-hybridized carbons (Fsp3) is 0.0500. The van der Waals surface area contributed by atoms with Gasteiger partial charge >= 0.3 is 0 Å². The molecule has 0 saturated carbocycles. The maximum Gasteiger partial charge on any atom is 0.261 e. The van der Waals surface area contributed by atoms with Crippen LogP contribution in [0.3, 0.4) is 0 Å².